The highest BCUT2D eigenvalue weighted by Crippen LogP contribution is 2.37. The molecule has 0 bridgehead atoms. The summed E-state index contributed by atoms with van der Waals surface area (Å²) in [5, 5.41) is 101. The molecule has 1 aliphatic heterocycles. The van der Waals surface area contributed by atoms with Gasteiger partial charge >= 0.3 is 0 Å². The van der Waals surface area contributed by atoms with E-state index in [1.807, 2.05) is 0 Å². The maximum absolute atomic E-state index is 13.5. The largest absolute Gasteiger partial charge is 0.508 e. The highest BCUT2D eigenvalue weighted by Gasteiger charge is 2.50. The molecule has 0 amide bonds. The van der Waals surface area contributed by atoms with E-state index < -0.39 is 83.2 Å². The Kier molecular flexibility index (Phi) is 8.02. The molecule has 0 radical (unpaired) electrons. The first-order valence-electron chi connectivity index (χ1n) is 11.7. The number of ether oxygens (including phenoxy) is 2. The summed E-state index contributed by atoms with van der Waals surface area (Å²) in [6.07, 6.45) is -17.5. The lowest BCUT2D eigenvalue weighted by molar-refractivity contribution is -0.298. The minimum Gasteiger partial charge on any atom is -0.508 e. The lowest BCUT2D eigenvalue weighted by Crippen LogP contribution is -2.64. The lowest BCUT2D eigenvalue weighted by atomic mass is 9.90. The van der Waals surface area contributed by atoms with E-state index in [1.165, 1.54) is 24.3 Å². The van der Waals surface area contributed by atoms with Crippen LogP contribution in [0, 0.1) is 0 Å². The van der Waals surface area contributed by atoms with Crippen LogP contribution in [0.1, 0.15) is 6.92 Å². The number of benzene rings is 2. The van der Waals surface area contributed by atoms with Gasteiger partial charge in [0.2, 0.25) is 17.5 Å². The van der Waals surface area contributed by atoms with Gasteiger partial charge in [0.05, 0.1) is 6.10 Å². The molecule has 14 heteroatoms. The van der Waals surface area contributed by atoms with Crippen LogP contribution in [0.3, 0.4) is 0 Å². The summed E-state index contributed by atoms with van der Waals surface area (Å²) in [7, 11) is 0. The van der Waals surface area contributed by atoms with Crippen molar-refractivity contribution in [2.24, 2.45) is 0 Å². The van der Waals surface area contributed by atoms with Gasteiger partial charge in [0.1, 0.15) is 70.9 Å². The highest BCUT2D eigenvalue weighted by atomic mass is 16.7. The molecule has 0 aliphatic carbocycles. The summed E-state index contributed by atoms with van der Waals surface area (Å²) in [6.45, 7) is 1.13. The second-order valence-electron chi connectivity index (χ2n) is 9.25. The van der Waals surface area contributed by atoms with E-state index in [4.69, 9.17) is 13.9 Å². The van der Waals surface area contributed by atoms with E-state index in [2.05, 4.69) is 0 Å². The molecule has 14 nitrogen and oxygen atoms in total. The molecule has 9 atom stereocenters. The van der Waals surface area contributed by atoms with Crippen LogP contribution >= 0.6 is 0 Å². The summed E-state index contributed by atoms with van der Waals surface area (Å²) in [6, 6.07) is 7.12. The monoisotopic (exact) mass is 552 g/mol. The van der Waals surface area contributed by atoms with Gasteiger partial charge < -0.3 is 65.0 Å². The van der Waals surface area contributed by atoms with Crippen molar-refractivity contribution in [1.29, 1.82) is 0 Å². The van der Waals surface area contributed by atoms with Crippen molar-refractivity contribution in [2.45, 2.75) is 62.0 Å². The second kappa shape index (κ2) is 11.0. The van der Waals surface area contributed by atoms with Crippen LogP contribution in [0.15, 0.2) is 45.6 Å². The van der Waals surface area contributed by atoms with E-state index >= 15 is 0 Å². The van der Waals surface area contributed by atoms with E-state index in [0.29, 0.717) is 0 Å². The van der Waals surface area contributed by atoms with Crippen molar-refractivity contribution in [3.63, 3.8) is 0 Å². The first kappa shape index (κ1) is 28.5. The summed E-state index contributed by atoms with van der Waals surface area (Å²) >= 11 is 0. The number of aliphatic hydroxyl groups is 7. The van der Waals surface area contributed by atoms with Crippen molar-refractivity contribution in [3.8, 4) is 34.3 Å². The molecule has 10 N–H and O–H groups in total. The fourth-order valence-electron chi connectivity index (χ4n) is 4.23. The quantitative estimate of drug-likeness (QED) is 0.156. The van der Waals surface area contributed by atoms with E-state index in [9.17, 15) is 55.9 Å². The SMILES string of the molecule is CC(O)C(O)C(O)C(O)C1OC(Oc2c(-c3ccc(O)cc3)oc3cc(O)cc(O)c3c2=O)C(O)C(O)C1O. The molecule has 1 fully saturated rings. The van der Waals surface area contributed by atoms with E-state index in [-0.39, 0.29) is 22.7 Å². The van der Waals surface area contributed by atoms with Crippen LogP contribution in [-0.4, -0.2) is 106 Å². The molecule has 3 aromatic rings. The Balaban J connectivity index is 1.79. The van der Waals surface area contributed by atoms with Crippen LogP contribution in [0.4, 0.5) is 0 Å². The van der Waals surface area contributed by atoms with Gasteiger partial charge in [-0.2, -0.15) is 0 Å². The van der Waals surface area contributed by atoms with Crippen molar-refractivity contribution in [3.05, 3.63) is 46.6 Å². The predicted octanol–water partition coefficient (Wildman–Crippen LogP) is -1.77. The van der Waals surface area contributed by atoms with Gasteiger partial charge in [-0.1, -0.05) is 0 Å². The van der Waals surface area contributed by atoms with Crippen LogP contribution in [0.25, 0.3) is 22.3 Å². The zero-order valence-electron chi connectivity index (χ0n) is 20.3. The first-order chi connectivity index (χ1) is 18.3. The molecular weight excluding hydrogens is 524 g/mol. The van der Waals surface area contributed by atoms with E-state index in [1.54, 1.807) is 0 Å². The topological polar surface area (TPSA) is 251 Å². The minimum atomic E-state index is -2.12. The Labute approximate surface area is 219 Å². The van der Waals surface area contributed by atoms with E-state index in [0.717, 1.165) is 19.1 Å². The first-order valence-corrected chi connectivity index (χ1v) is 11.7. The summed E-state index contributed by atoms with van der Waals surface area (Å²) in [5.41, 5.74) is -1.10. The second-order valence-corrected chi connectivity index (χ2v) is 9.25. The Bertz CT molecular complexity index is 1370. The molecular formula is C25H28O14. The van der Waals surface area contributed by atoms with Gasteiger partial charge in [0, 0.05) is 17.7 Å². The average molecular weight is 552 g/mol. The number of phenolic OH excluding ortho intramolecular Hbond substituents is 3. The summed E-state index contributed by atoms with van der Waals surface area (Å²) in [4.78, 5) is 13.5. The maximum atomic E-state index is 13.5. The van der Waals surface area contributed by atoms with Crippen molar-refractivity contribution >= 4 is 11.0 Å². The Morgan fingerprint density at radius 2 is 1.49 bits per heavy atom. The number of hydrogen-bond acceptors (Lipinski definition) is 14. The molecule has 1 aromatic heterocycles. The third kappa shape index (κ3) is 5.36. The van der Waals surface area contributed by atoms with Gasteiger partial charge in [0.15, 0.2) is 5.76 Å². The lowest BCUT2D eigenvalue weighted by Gasteiger charge is -2.43. The Hall–Kier alpha value is -3.47. The maximum Gasteiger partial charge on any atom is 0.239 e. The fraction of sp³-hybridized carbons (Fsp3) is 0.400. The molecule has 39 heavy (non-hydrogen) atoms. The molecule has 0 saturated carbocycles. The number of phenols is 3. The van der Waals surface area contributed by atoms with Gasteiger partial charge in [-0.3, -0.25) is 4.79 Å². The Morgan fingerprint density at radius 1 is 0.846 bits per heavy atom. The highest BCUT2D eigenvalue weighted by molar-refractivity contribution is 5.88. The van der Waals surface area contributed by atoms with Gasteiger partial charge in [-0.25, -0.2) is 0 Å². The average Bonchev–Trinajstić information content (AvgIpc) is 2.88. The molecule has 2 aromatic carbocycles. The number of hydrogen-bond donors (Lipinski definition) is 10. The molecule has 1 aliphatic rings. The van der Waals surface area contributed by atoms with Gasteiger partial charge in [-0.15, -0.1) is 0 Å². The van der Waals surface area contributed by atoms with Crippen molar-refractivity contribution < 1.29 is 65.0 Å². The zero-order valence-corrected chi connectivity index (χ0v) is 20.3. The normalized spacial score (nSPS) is 26.6. The molecule has 1 saturated heterocycles. The van der Waals surface area contributed by atoms with Crippen LogP contribution in [-0.2, 0) is 4.74 Å². The summed E-state index contributed by atoms with van der Waals surface area (Å²) in [5.74, 6) is -2.20. The van der Waals surface area contributed by atoms with Crippen molar-refractivity contribution in [1.82, 2.24) is 0 Å². The standard InChI is InChI=1S/C25H28O14/c1-8(26)15(30)17(32)19(34)23-20(35)18(33)21(36)25(38-23)39-24-16(31)14-12(29)6-11(28)7-13(14)37-22(24)9-2-4-10(27)5-3-9/h2-8,15,17-21,23,25-30,32-36H,1H3. The molecule has 4 rings (SSSR count). The summed E-state index contributed by atoms with van der Waals surface area (Å²) < 4.78 is 16.8. The van der Waals surface area contributed by atoms with Crippen molar-refractivity contribution in [2.75, 3.05) is 0 Å². The fourth-order valence-corrected chi connectivity index (χ4v) is 4.23. The number of fused-ring (bicyclic) bond motifs is 1. The smallest absolute Gasteiger partial charge is 0.239 e. The molecule has 2 heterocycles. The molecule has 9 unspecified atom stereocenters. The molecule has 212 valence electrons. The number of aliphatic hydroxyl groups excluding tert-OH is 7. The minimum absolute atomic E-state index is 0.127. The van der Waals surface area contributed by atoms with Crippen LogP contribution in [0.2, 0.25) is 0 Å². The third-order valence-electron chi connectivity index (χ3n) is 6.42. The van der Waals surface area contributed by atoms with Crippen LogP contribution in [0.5, 0.6) is 23.0 Å². The third-order valence-corrected chi connectivity index (χ3v) is 6.42. The van der Waals surface area contributed by atoms with Crippen LogP contribution < -0.4 is 10.2 Å². The zero-order chi connectivity index (χ0) is 28.8. The van der Waals surface area contributed by atoms with Gasteiger partial charge in [-0.05, 0) is 31.2 Å². The van der Waals surface area contributed by atoms with Gasteiger partial charge in [0.25, 0.3) is 0 Å². The predicted molar refractivity (Wildman–Crippen MR) is 130 cm³/mol. The number of aromatic hydroxyl groups is 3. The number of rotatable bonds is 7. The Morgan fingerprint density at radius 3 is 2.10 bits per heavy atom. The molecule has 0 spiro atoms.